The van der Waals surface area contributed by atoms with Crippen molar-refractivity contribution in [1.82, 2.24) is 10.2 Å². The molecule has 40 heavy (non-hydrogen) atoms. The summed E-state index contributed by atoms with van der Waals surface area (Å²) in [5.74, 6) is -0.207. The smallest absolute Gasteiger partial charge is 0.264 e. The molecule has 0 aromatic heterocycles. The van der Waals surface area contributed by atoms with Crippen molar-refractivity contribution in [2.45, 2.75) is 49.6 Å². The number of carbonyl (C=O) groups is 2. The van der Waals surface area contributed by atoms with Crippen LogP contribution in [0.15, 0.2) is 88.7 Å². The lowest BCUT2D eigenvalue weighted by Gasteiger charge is -2.32. The molecule has 0 aliphatic rings. The van der Waals surface area contributed by atoms with Crippen LogP contribution in [0.3, 0.4) is 0 Å². The van der Waals surface area contributed by atoms with Crippen molar-refractivity contribution in [3.05, 3.63) is 84.4 Å². The fourth-order valence-electron chi connectivity index (χ4n) is 4.04. The molecule has 3 rings (SSSR count). The van der Waals surface area contributed by atoms with Gasteiger partial charge in [-0.05, 0) is 80.6 Å². The van der Waals surface area contributed by atoms with Gasteiger partial charge in [-0.3, -0.25) is 13.9 Å². The number of nitrogens with one attached hydrogen (secondary N) is 1. The third kappa shape index (κ3) is 8.02. The average Bonchev–Trinajstić information content (AvgIpc) is 2.98. The van der Waals surface area contributed by atoms with E-state index in [1.165, 1.54) is 28.8 Å². The van der Waals surface area contributed by atoms with Crippen LogP contribution in [0, 0.1) is 0 Å². The summed E-state index contributed by atoms with van der Waals surface area (Å²) in [5, 5.41) is 2.84. The predicted molar refractivity (Wildman–Crippen MR) is 160 cm³/mol. The van der Waals surface area contributed by atoms with Gasteiger partial charge in [-0.1, -0.05) is 37.3 Å². The molecule has 0 bridgehead atoms. The van der Waals surface area contributed by atoms with E-state index in [4.69, 9.17) is 4.74 Å². The molecule has 3 aromatic carbocycles. The number of rotatable bonds is 14. The normalized spacial score (nSPS) is 11.9. The molecule has 0 heterocycles. The molecule has 0 saturated heterocycles. The van der Waals surface area contributed by atoms with Gasteiger partial charge in [-0.2, -0.15) is 0 Å². The molecule has 1 atom stereocenters. The first-order valence-electron chi connectivity index (χ1n) is 13.2. The van der Waals surface area contributed by atoms with Gasteiger partial charge in [0.25, 0.3) is 10.0 Å². The summed E-state index contributed by atoms with van der Waals surface area (Å²) in [5.41, 5.74) is 1.14. The van der Waals surface area contributed by atoms with Crippen molar-refractivity contribution in [3.8, 4) is 5.75 Å². The number of amides is 2. The molecule has 214 valence electrons. The highest BCUT2D eigenvalue weighted by atomic mass is 32.2. The topological polar surface area (TPSA) is 96.0 Å². The van der Waals surface area contributed by atoms with Crippen molar-refractivity contribution in [3.63, 3.8) is 0 Å². The van der Waals surface area contributed by atoms with Crippen molar-refractivity contribution in [2.24, 2.45) is 0 Å². The Morgan fingerprint density at radius 2 is 1.60 bits per heavy atom. The van der Waals surface area contributed by atoms with E-state index >= 15 is 0 Å². The molecule has 0 aliphatic heterocycles. The molecule has 0 unspecified atom stereocenters. The van der Waals surface area contributed by atoms with Crippen LogP contribution in [0.1, 0.15) is 32.8 Å². The SMILES string of the molecule is CCCNC(=O)[C@@H](C)N(Cc1ccccc1)C(=O)CN(c1ccc(OCC)cc1)S(=O)(=O)c1ccc(SC)cc1. The van der Waals surface area contributed by atoms with Crippen LogP contribution in [0.25, 0.3) is 0 Å². The Morgan fingerprint density at radius 3 is 2.17 bits per heavy atom. The molecule has 10 heteroatoms. The van der Waals surface area contributed by atoms with Crippen LogP contribution in [0.4, 0.5) is 5.69 Å². The van der Waals surface area contributed by atoms with Gasteiger partial charge in [0.1, 0.15) is 18.3 Å². The molecule has 8 nitrogen and oxygen atoms in total. The summed E-state index contributed by atoms with van der Waals surface area (Å²) in [7, 11) is -4.13. The predicted octanol–water partition coefficient (Wildman–Crippen LogP) is 4.95. The van der Waals surface area contributed by atoms with Crippen LogP contribution in [0.5, 0.6) is 5.75 Å². The number of thioether (sulfide) groups is 1. The zero-order valence-electron chi connectivity index (χ0n) is 23.4. The number of sulfonamides is 1. The molecule has 0 spiro atoms. The number of nitrogens with zero attached hydrogens (tertiary/aromatic N) is 2. The molecule has 0 fully saturated rings. The Morgan fingerprint density at radius 1 is 0.950 bits per heavy atom. The lowest BCUT2D eigenvalue weighted by molar-refractivity contribution is -0.139. The molecular weight excluding hydrogens is 546 g/mol. The van der Waals surface area contributed by atoms with E-state index in [9.17, 15) is 18.0 Å². The number of ether oxygens (including phenoxy) is 1. The van der Waals surface area contributed by atoms with Gasteiger partial charge in [-0.15, -0.1) is 11.8 Å². The molecule has 0 aliphatic carbocycles. The number of anilines is 1. The number of hydrogen-bond donors (Lipinski definition) is 1. The van der Waals surface area contributed by atoms with Gasteiger partial charge in [-0.25, -0.2) is 8.42 Å². The van der Waals surface area contributed by atoms with Gasteiger partial charge >= 0.3 is 0 Å². The number of hydrogen-bond acceptors (Lipinski definition) is 6. The highest BCUT2D eigenvalue weighted by molar-refractivity contribution is 7.98. The van der Waals surface area contributed by atoms with Gasteiger partial charge in [0.15, 0.2) is 0 Å². The Balaban J connectivity index is 2.01. The van der Waals surface area contributed by atoms with Crippen molar-refractivity contribution >= 4 is 39.3 Å². The van der Waals surface area contributed by atoms with E-state index in [0.717, 1.165) is 21.2 Å². The maximum absolute atomic E-state index is 13.9. The van der Waals surface area contributed by atoms with Crippen LogP contribution in [-0.4, -0.2) is 57.1 Å². The minimum Gasteiger partial charge on any atom is -0.494 e. The maximum atomic E-state index is 13.9. The largest absolute Gasteiger partial charge is 0.494 e. The Bertz CT molecular complexity index is 1350. The summed E-state index contributed by atoms with van der Waals surface area (Å²) in [6.07, 6.45) is 2.66. The standard InChI is InChI=1S/C30H37N3O5S2/c1-5-20-31-30(35)23(3)32(21-24-10-8-7-9-11-24)29(34)22-33(25-12-14-26(15-13-25)38-6-2)40(36,37)28-18-16-27(39-4)17-19-28/h7-19,23H,5-6,20-22H2,1-4H3,(H,31,35)/t23-/m1/s1. The third-order valence-electron chi connectivity index (χ3n) is 6.27. The lowest BCUT2D eigenvalue weighted by Crippen LogP contribution is -2.51. The Hall–Kier alpha value is -3.50. The first-order chi connectivity index (χ1) is 19.2. The highest BCUT2D eigenvalue weighted by Crippen LogP contribution is 2.28. The van der Waals surface area contributed by atoms with Gasteiger partial charge in [0.05, 0.1) is 17.2 Å². The summed E-state index contributed by atoms with van der Waals surface area (Å²) < 4.78 is 34.5. The van der Waals surface area contributed by atoms with Crippen LogP contribution >= 0.6 is 11.8 Å². The van der Waals surface area contributed by atoms with Gasteiger partial charge in [0.2, 0.25) is 11.8 Å². The lowest BCUT2D eigenvalue weighted by atomic mass is 10.1. The summed E-state index contributed by atoms with van der Waals surface area (Å²) >= 11 is 1.50. The van der Waals surface area contributed by atoms with Gasteiger partial charge < -0.3 is 15.0 Å². The first kappa shape index (κ1) is 31.0. The van der Waals surface area contributed by atoms with E-state index in [1.54, 1.807) is 43.3 Å². The number of benzene rings is 3. The van der Waals surface area contributed by atoms with Crippen LogP contribution < -0.4 is 14.4 Å². The summed E-state index contributed by atoms with van der Waals surface area (Å²) in [6.45, 7) is 6.08. The molecule has 0 saturated carbocycles. The Kier molecular flexibility index (Phi) is 11.5. The second-order valence-electron chi connectivity index (χ2n) is 9.09. The molecular formula is C30H37N3O5S2. The van der Waals surface area contributed by atoms with Gasteiger partial charge in [0, 0.05) is 18.0 Å². The summed E-state index contributed by atoms with van der Waals surface area (Å²) in [6, 6.07) is 21.6. The minimum atomic E-state index is -4.13. The van der Waals surface area contributed by atoms with E-state index in [-0.39, 0.29) is 17.3 Å². The Labute approximate surface area is 241 Å². The molecule has 2 amide bonds. The van der Waals surface area contributed by atoms with Crippen molar-refractivity contribution < 1.29 is 22.7 Å². The second-order valence-corrected chi connectivity index (χ2v) is 11.8. The third-order valence-corrected chi connectivity index (χ3v) is 8.81. The van der Waals surface area contributed by atoms with E-state index < -0.39 is 28.5 Å². The molecule has 3 aromatic rings. The highest BCUT2D eigenvalue weighted by Gasteiger charge is 2.32. The second kappa shape index (κ2) is 14.8. The van der Waals surface area contributed by atoms with Crippen LogP contribution in [-0.2, 0) is 26.2 Å². The zero-order chi connectivity index (χ0) is 29.1. The van der Waals surface area contributed by atoms with E-state index in [0.29, 0.717) is 24.6 Å². The van der Waals surface area contributed by atoms with Crippen molar-refractivity contribution in [1.29, 1.82) is 0 Å². The minimum absolute atomic E-state index is 0.0651. The summed E-state index contributed by atoms with van der Waals surface area (Å²) in [4.78, 5) is 29.2. The first-order valence-corrected chi connectivity index (χ1v) is 15.9. The fraction of sp³-hybridized carbons (Fsp3) is 0.333. The van der Waals surface area contributed by atoms with E-state index in [2.05, 4.69) is 5.32 Å². The van der Waals surface area contributed by atoms with Crippen molar-refractivity contribution in [2.75, 3.05) is 30.3 Å². The fourth-order valence-corrected chi connectivity index (χ4v) is 5.86. The van der Waals surface area contributed by atoms with E-state index in [1.807, 2.05) is 50.4 Å². The maximum Gasteiger partial charge on any atom is 0.264 e. The van der Waals surface area contributed by atoms with Crippen LogP contribution in [0.2, 0.25) is 0 Å². The molecule has 0 radical (unpaired) electrons. The molecule has 1 N–H and O–H groups in total. The average molecular weight is 584 g/mol. The zero-order valence-corrected chi connectivity index (χ0v) is 25.0. The quantitative estimate of drug-likeness (QED) is 0.270. The monoisotopic (exact) mass is 583 g/mol. The number of carbonyl (C=O) groups excluding carboxylic acids is 2.